The Bertz CT molecular complexity index is 1950. The lowest BCUT2D eigenvalue weighted by molar-refractivity contribution is -0.345. The molecule has 4 aromatic rings. The average Bonchev–Trinajstić information content (AvgIpc) is 3.85. The molecule has 1 saturated carbocycles. The van der Waals surface area contributed by atoms with E-state index in [0.29, 0.717) is 78.7 Å². The van der Waals surface area contributed by atoms with Crippen LogP contribution >= 0.6 is 0 Å². The number of nitrogens with zero attached hydrogens (tertiary/aromatic N) is 5. The first kappa shape index (κ1) is 33.3. The van der Waals surface area contributed by atoms with Crippen LogP contribution in [0.1, 0.15) is 49.8 Å². The zero-order valence-electron chi connectivity index (χ0n) is 27.8. The number of fused-ring (bicyclic) bond motifs is 3. The van der Waals surface area contributed by atoms with E-state index in [4.69, 9.17) is 14.7 Å². The Kier molecular flexibility index (Phi) is 8.46. The van der Waals surface area contributed by atoms with Crippen LogP contribution in [0.5, 0.6) is 11.8 Å². The predicted octanol–water partition coefficient (Wildman–Crippen LogP) is 6.41. The lowest BCUT2D eigenvalue weighted by atomic mass is 9.94. The number of alkyl halides is 3. The molecule has 2 saturated heterocycles. The van der Waals surface area contributed by atoms with Gasteiger partial charge >= 0.3 is 12.4 Å². The van der Waals surface area contributed by atoms with Gasteiger partial charge in [-0.1, -0.05) is 6.07 Å². The van der Waals surface area contributed by atoms with Crippen LogP contribution in [0.15, 0.2) is 24.3 Å². The number of nitrogens with one attached hydrogen (secondary N) is 1. The summed E-state index contributed by atoms with van der Waals surface area (Å²) in [6.07, 6.45) is -0.842. The van der Waals surface area contributed by atoms with Crippen LogP contribution in [0.2, 0.25) is 0 Å². The summed E-state index contributed by atoms with van der Waals surface area (Å²) in [6, 6.07) is 6.01. The molecule has 1 unspecified atom stereocenters. The fourth-order valence-electron chi connectivity index (χ4n) is 8.02. The van der Waals surface area contributed by atoms with Gasteiger partial charge in [0.1, 0.15) is 28.6 Å². The molecule has 8 rings (SSSR count). The SMILES string of the molecule is Cc1c(F)ccc2cc(O)cc(-c3nc4c5c(nc(OCC6(CN7CCC(OC(F)(F)F)CC7)CC6)nc5c3F)N3CCNCC3CCC4)c12. The van der Waals surface area contributed by atoms with Gasteiger partial charge in [0.2, 0.25) is 0 Å². The highest BCUT2D eigenvalue weighted by Gasteiger charge is 2.46. The van der Waals surface area contributed by atoms with Crippen molar-refractivity contribution in [3.8, 4) is 23.0 Å². The summed E-state index contributed by atoms with van der Waals surface area (Å²) in [5.41, 5.74) is 1.08. The van der Waals surface area contributed by atoms with E-state index < -0.39 is 24.1 Å². The third-order valence-electron chi connectivity index (χ3n) is 10.8. The summed E-state index contributed by atoms with van der Waals surface area (Å²) in [4.78, 5) is 18.8. The van der Waals surface area contributed by atoms with E-state index >= 15 is 4.39 Å². The second-order valence-electron chi connectivity index (χ2n) is 14.3. The van der Waals surface area contributed by atoms with E-state index in [2.05, 4.69) is 24.8 Å². The van der Waals surface area contributed by atoms with Gasteiger partial charge in [-0.2, -0.15) is 9.97 Å². The van der Waals surface area contributed by atoms with Crippen molar-refractivity contribution in [1.82, 2.24) is 25.2 Å². The Morgan fingerprint density at radius 2 is 1.82 bits per heavy atom. The summed E-state index contributed by atoms with van der Waals surface area (Å²) >= 11 is 0. The fourth-order valence-corrected chi connectivity index (χ4v) is 8.02. The molecule has 3 fully saturated rings. The van der Waals surface area contributed by atoms with Gasteiger partial charge in [-0.25, -0.2) is 13.8 Å². The number of phenols is 1. The second-order valence-corrected chi connectivity index (χ2v) is 14.3. The minimum atomic E-state index is -4.63. The molecule has 50 heavy (non-hydrogen) atoms. The summed E-state index contributed by atoms with van der Waals surface area (Å²) < 4.78 is 80.6. The van der Waals surface area contributed by atoms with Crippen molar-refractivity contribution in [2.24, 2.45) is 5.41 Å². The first-order chi connectivity index (χ1) is 24.0. The lowest BCUT2D eigenvalue weighted by Gasteiger charge is -2.39. The van der Waals surface area contributed by atoms with Gasteiger partial charge in [-0.15, -0.1) is 13.2 Å². The van der Waals surface area contributed by atoms with Gasteiger partial charge in [0.05, 0.1) is 23.8 Å². The Labute approximate surface area is 285 Å². The number of anilines is 1. The van der Waals surface area contributed by atoms with Gasteiger partial charge in [-0.3, -0.25) is 4.74 Å². The minimum Gasteiger partial charge on any atom is -0.508 e. The molecule has 0 spiro atoms. The number of aromatic nitrogens is 3. The number of halogens is 5. The average molecular weight is 699 g/mol. The predicted molar refractivity (Wildman–Crippen MR) is 177 cm³/mol. The lowest BCUT2D eigenvalue weighted by Crippen LogP contribution is -2.52. The van der Waals surface area contributed by atoms with Crippen LogP contribution < -0.4 is 15.0 Å². The van der Waals surface area contributed by atoms with Gasteiger partial charge in [-0.05, 0) is 86.4 Å². The van der Waals surface area contributed by atoms with E-state index in [9.17, 15) is 22.7 Å². The molecule has 4 aliphatic rings. The maximum absolute atomic E-state index is 17.0. The molecule has 3 aliphatic heterocycles. The van der Waals surface area contributed by atoms with Crippen molar-refractivity contribution in [2.45, 2.75) is 70.4 Å². The molecule has 9 nitrogen and oxygen atoms in total. The monoisotopic (exact) mass is 698 g/mol. The number of benzene rings is 2. The zero-order valence-corrected chi connectivity index (χ0v) is 27.8. The van der Waals surface area contributed by atoms with Crippen LogP contribution in [-0.4, -0.2) is 89.3 Å². The zero-order chi connectivity index (χ0) is 34.8. The molecule has 14 heteroatoms. The number of hydrogen-bond donors (Lipinski definition) is 2. The third-order valence-corrected chi connectivity index (χ3v) is 10.8. The number of phenolic OH excluding ortho intramolecular Hbond substituents is 1. The number of piperazine rings is 1. The molecule has 1 aliphatic carbocycles. The molecule has 0 amide bonds. The number of aromatic hydroxyl groups is 1. The molecule has 2 aromatic heterocycles. The fraction of sp³-hybridized carbons (Fsp3) is 0.528. The first-order valence-corrected chi connectivity index (χ1v) is 17.4. The maximum Gasteiger partial charge on any atom is 0.522 e. The topological polar surface area (TPSA) is 95.9 Å². The number of pyridine rings is 1. The largest absolute Gasteiger partial charge is 0.522 e. The highest BCUT2D eigenvalue weighted by Crippen LogP contribution is 2.47. The molecule has 0 radical (unpaired) electrons. The van der Waals surface area contributed by atoms with Gasteiger partial charge in [0.15, 0.2) is 5.82 Å². The Morgan fingerprint density at radius 1 is 1.02 bits per heavy atom. The van der Waals surface area contributed by atoms with Crippen LogP contribution in [0, 0.1) is 24.0 Å². The van der Waals surface area contributed by atoms with Crippen LogP contribution in [0.25, 0.3) is 32.9 Å². The Morgan fingerprint density at radius 3 is 2.58 bits per heavy atom. The summed E-state index contributed by atoms with van der Waals surface area (Å²) in [7, 11) is 0. The van der Waals surface area contributed by atoms with E-state index in [-0.39, 0.29) is 46.6 Å². The number of piperidine rings is 1. The molecule has 1 atom stereocenters. The van der Waals surface area contributed by atoms with Gasteiger partial charge in [0.25, 0.3) is 0 Å². The number of hydrogen-bond acceptors (Lipinski definition) is 9. The van der Waals surface area contributed by atoms with Crippen molar-refractivity contribution in [3.63, 3.8) is 0 Å². The molecular formula is C36H39F5N6O3. The molecule has 0 bridgehead atoms. The number of ether oxygens (including phenoxy) is 2. The second kappa shape index (κ2) is 12.7. The molecular weight excluding hydrogens is 659 g/mol. The van der Waals surface area contributed by atoms with E-state index in [0.717, 1.165) is 38.8 Å². The smallest absolute Gasteiger partial charge is 0.508 e. The van der Waals surface area contributed by atoms with E-state index in [1.807, 2.05) is 0 Å². The Hall–Kier alpha value is -3.88. The molecule has 2 N–H and O–H groups in total. The molecule has 266 valence electrons. The summed E-state index contributed by atoms with van der Waals surface area (Å²) in [5.74, 6) is -0.669. The normalized spacial score (nSPS) is 21.2. The standard InChI is InChI=1S/C36H39F5N6O3/c1-20-26(37)6-5-21-15-23(48)16-25(28(20)21)31-30(38)32-29-27(43-31)4-2-3-22-17-42-11-14-47(22)33(29)45-34(44-32)49-19-35(9-10-35)18-46-12-7-24(8-13-46)50-36(39,40)41/h5-6,15-16,22,24,42,48H,2-4,7-14,17-19H2,1H3. The van der Waals surface area contributed by atoms with Crippen LogP contribution in [-0.2, 0) is 11.2 Å². The summed E-state index contributed by atoms with van der Waals surface area (Å²) in [5, 5.41) is 15.7. The summed E-state index contributed by atoms with van der Waals surface area (Å²) in [6.45, 7) is 5.73. The number of aryl methyl sites for hydroxylation is 2. The Balaban J connectivity index is 1.16. The van der Waals surface area contributed by atoms with Crippen LogP contribution in [0.4, 0.5) is 27.8 Å². The molecule has 5 heterocycles. The van der Waals surface area contributed by atoms with Gasteiger partial charge < -0.3 is 25.0 Å². The number of rotatable bonds is 7. The molecule has 2 aromatic carbocycles. The highest BCUT2D eigenvalue weighted by molar-refractivity contribution is 6.02. The third kappa shape index (κ3) is 6.41. The highest BCUT2D eigenvalue weighted by atomic mass is 19.4. The van der Waals surface area contributed by atoms with E-state index in [1.165, 1.54) is 18.2 Å². The first-order valence-electron chi connectivity index (χ1n) is 17.4. The van der Waals surface area contributed by atoms with Crippen molar-refractivity contribution in [3.05, 3.63) is 47.2 Å². The van der Waals surface area contributed by atoms with Crippen molar-refractivity contribution >= 4 is 27.5 Å². The number of likely N-dealkylation sites (tertiary alicyclic amines) is 1. The van der Waals surface area contributed by atoms with Crippen molar-refractivity contribution in [1.29, 1.82) is 0 Å². The minimum absolute atomic E-state index is 0.0216. The van der Waals surface area contributed by atoms with Crippen LogP contribution in [0.3, 0.4) is 0 Å². The van der Waals surface area contributed by atoms with Gasteiger partial charge in [0, 0.05) is 56.3 Å². The quantitative estimate of drug-likeness (QED) is 0.212. The maximum atomic E-state index is 17.0. The van der Waals surface area contributed by atoms with E-state index in [1.54, 1.807) is 13.0 Å². The van der Waals surface area contributed by atoms with Crippen molar-refractivity contribution in [2.75, 3.05) is 50.8 Å². The van der Waals surface area contributed by atoms with Crippen molar-refractivity contribution < 1.29 is 36.5 Å².